The number of rotatable bonds is 8. The van der Waals surface area contributed by atoms with Crippen LogP contribution < -0.4 is 0 Å². The first-order valence-electron chi connectivity index (χ1n) is 11.0. The Hall–Kier alpha value is 0.220. The molecule has 2 heterocycles. The molecule has 4 nitrogen and oxygen atoms in total. The van der Waals surface area contributed by atoms with E-state index in [9.17, 15) is 0 Å². The first kappa shape index (κ1) is 24.9. The van der Waals surface area contributed by atoms with Gasteiger partial charge < -0.3 is 19.6 Å². The molecular formula is C22H34Cl4N4. The molecule has 0 atom stereocenters. The van der Waals surface area contributed by atoms with Gasteiger partial charge in [-0.3, -0.25) is 0 Å². The van der Waals surface area contributed by atoms with Crippen LogP contribution in [0.2, 0.25) is 20.1 Å². The summed E-state index contributed by atoms with van der Waals surface area (Å²) in [6.07, 6.45) is 3.59. The molecule has 2 saturated heterocycles. The van der Waals surface area contributed by atoms with Gasteiger partial charge in [0.05, 0.1) is 20.1 Å². The monoisotopic (exact) mass is 494 g/mol. The molecule has 0 N–H and O–H groups in total. The lowest BCUT2D eigenvalue weighted by Crippen LogP contribution is -2.44. The largest absolute Gasteiger partial charge is 0.304 e. The standard InChI is InChI=1S/C22H34Cl4N4/c1-27-9-13-29(14-10-27)7-3-5-17-19(23)21(25)18(22(26)20(17)24)6-4-8-30-15-11-28(2)12-16-30/h3-16H2,1-2H3. The van der Waals surface area contributed by atoms with E-state index in [0.29, 0.717) is 20.1 Å². The minimum atomic E-state index is 0.582. The van der Waals surface area contributed by atoms with Gasteiger partial charge in [0.25, 0.3) is 0 Å². The van der Waals surface area contributed by atoms with Crippen molar-refractivity contribution in [3.05, 3.63) is 31.2 Å². The second-order valence-corrected chi connectivity index (χ2v) is 10.2. The van der Waals surface area contributed by atoms with Gasteiger partial charge in [0, 0.05) is 52.4 Å². The van der Waals surface area contributed by atoms with Crippen molar-refractivity contribution >= 4 is 46.4 Å². The molecule has 2 fully saturated rings. The van der Waals surface area contributed by atoms with Gasteiger partial charge in [-0.25, -0.2) is 0 Å². The van der Waals surface area contributed by atoms with Crippen molar-refractivity contribution in [2.75, 3.05) is 79.5 Å². The number of hydrogen-bond acceptors (Lipinski definition) is 4. The summed E-state index contributed by atoms with van der Waals surface area (Å²) in [4.78, 5) is 9.73. The van der Waals surface area contributed by atoms with Gasteiger partial charge in [0.1, 0.15) is 0 Å². The zero-order valence-electron chi connectivity index (χ0n) is 18.2. The van der Waals surface area contributed by atoms with Gasteiger partial charge in [-0.2, -0.15) is 0 Å². The average Bonchev–Trinajstić information content (AvgIpc) is 2.74. The smallest absolute Gasteiger partial charge is 0.0643 e. The van der Waals surface area contributed by atoms with Gasteiger partial charge in [-0.15, -0.1) is 0 Å². The summed E-state index contributed by atoms with van der Waals surface area (Å²) in [5.74, 6) is 0. The van der Waals surface area contributed by atoms with E-state index in [4.69, 9.17) is 46.4 Å². The third-order valence-electron chi connectivity index (χ3n) is 6.44. The highest BCUT2D eigenvalue weighted by molar-refractivity contribution is 6.48. The molecule has 0 aliphatic carbocycles. The molecule has 0 amide bonds. The fraction of sp³-hybridized carbons (Fsp3) is 0.727. The molecule has 0 radical (unpaired) electrons. The molecule has 170 valence electrons. The molecule has 8 heteroatoms. The lowest BCUT2D eigenvalue weighted by molar-refractivity contribution is 0.153. The summed E-state index contributed by atoms with van der Waals surface area (Å²) in [6, 6.07) is 0. The Labute approximate surface area is 202 Å². The first-order valence-corrected chi connectivity index (χ1v) is 12.5. The quantitative estimate of drug-likeness (QED) is 0.486. The van der Waals surface area contributed by atoms with E-state index in [1.54, 1.807) is 0 Å². The van der Waals surface area contributed by atoms with Gasteiger partial charge >= 0.3 is 0 Å². The molecule has 0 bridgehead atoms. The van der Waals surface area contributed by atoms with Gasteiger partial charge in [-0.05, 0) is 64.0 Å². The number of piperazine rings is 2. The summed E-state index contributed by atoms with van der Waals surface area (Å²) in [5, 5.41) is 2.33. The minimum Gasteiger partial charge on any atom is -0.304 e. The molecule has 2 aliphatic rings. The van der Waals surface area contributed by atoms with E-state index in [-0.39, 0.29) is 0 Å². The Morgan fingerprint density at radius 3 is 1.13 bits per heavy atom. The Morgan fingerprint density at radius 1 is 0.533 bits per heavy atom. The molecule has 2 aliphatic heterocycles. The number of nitrogens with zero attached hydrogens (tertiary/aromatic N) is 4. The molecule has 1 aromatic carbocycles. The van der Waals surface area contributed by atoms with Crippen molar-refractivity contribution in [1.29, 1.82) is 0 Å². The van der Waals surface area contributed by atoms with Crippen molar-refractivity contribution in [2.24, 2.45) is 0 Å². The van der Waals surface area contributed by atoms with Crippen molar-refractivity contribution < 1.29 is 0 Å². The second kappa shape index (κ2) is 11.9. The molecule has 30 heavy (non-hydrogen) atoms. The molecule has 0 spiro atoms. The SMILES string of the molecule is CN1CCN(CCCc2c(Cl)c(Cl)c(CCCN3CCN(C)CC3)c(Cl)c2Cl)CC1. The summed E-state index contributed by atoms with van der Waals surface area (Å²) in [6.45, 7) is 11.1. The summed E-state index contributed by atoms with van der Waals surface area (Å²) in [7, 11) is 4.35. The van der Waals surface area contributed by atoms with E-state index < -0.39 is 0 Å². The van der Waals surface area contributed by atoms with E-state index in [2.05, 4.69) is 33.7 Å². The Kier molecular flexibility index (Phi) is 9.86. The van der Waals surface area contributed by atoms with Crippen molar-refractivity contribution in [1.82, 2.24) is 19.6 Å². The zero-order valence-corrected chi connectivity index (χ0v) is 21.2. The molecule has 1 aromatic rings. The highest BCUT2D eigenvalue weighted by Crippen LogP contribution is 2.42. The van der Waals surface area contributed by atoms with Crippen molar-refractivity contribution in [3.63, 3.8) is 0 Å². The molecule has 0 unspecified atom stereocenters. The van der Waals surface area contributed by atoms with E-state index >= 15 is 0 Å². The van der Waals surface area contributed by atoms with Gasteiger partial charge in [-0.1, -0.05) is 46.4 Å². The number of benzene rings is 1. The topological polar surface area (TPSA) is 13.0 Å². The maximum Gasteiger partial charge on any atom is 0.0643 e. The zero-order chi connectivity index (χ0) is 21.7. The van der Waals surface area contributed by atoms with Crippen molar-refractivity contribution in [2.45, 2.75) is 25.7 Å². The fourth-order valence-electron chi connectivity index (χ4n) is 4.26. The van der Waals surface area contributed by atoms with Crippen LogP contribution in [0.25, 0.3) is 0 Å². The van der Waals surface area contributed by atoms with Crippen LogP contribution in [0.3, 0.4) is 0 Å². The normalized spacial score (nSPS) is 20.2. The molecule has 0 aromatic heterocycles. The van der Waals surface area contributed by atoms with Crippen LogP contribution in [0, 0.1) is 0 Å². The fourth-order valence-corrected chi connectivity index (χ4v) is 5.57. The number of likely N-dealkylation sites (N-methyl/N-ethyl adjacent to an activating group) is 2. The number of halogens is 4. The Bertz CT molecular complexity index is 611. The van der Waals surface area contributed by atoms with Crippen LogP contribution in [0.1, 0.15) is 24.0 Å². The summed E-state index contributed by atoms with van der Waals surface area (Å²) >= 11 is 26.6. The van der Waals surface area contributed by atoms with Crippen molar-refractivity contribution in [3.8, 4) is 0 Å². The minimum absolute atomic E-state index is 0.582. The van der Waals surface area contributed by atoms with Crippen LogP contribution in [-0.4, -0.2) is 99.1 Å². The third kappa shape index (κ3) is 6.62. The van der Waals surface area contributed by atoms with Crippen LogP contribution in [0.15, 0.2) is 0 Å². The highest BCUT2D eigenvalue weighted by atomic mass is 35.5. The molecular weight excluding hydrogens is 462 g/mol. The maximum absolute atomic E-state index is 6.65. The van der Waals surface area contributed by atoms with E-state index in [0.717, 1.165) is 102 Å². The van der Waals surface area contributed by atoms with Gasteiger partial charge in [0.2, 0.25) is 0 Å². The first-order chi connectivity index (χ1) is 14.4. The lowest BCUT2D eigenvalue weighted by Gasteiger charge is -2.32. The highest BCUT2D eigenvalue weighted by Gasteiger charge is 2.21. The third-order valence-corrected chi connectivity index (χ3v) is 8.30. The maximum atomic E-state index is 6.65. The molecule has 3 rings (SSSR count). The summed E-state index contributed by atoms with van der Waals surface area (Å²) < 4.78 is 0. The van der Waals surface area contributed by atoms with E-state index in [1.165, 1.54) is 0 Å². The van der Waals surface area contributed by atoms with Crippen LogP contribution in [-0.2, 0) is 12.8 Å². The predicted octanol–water partition coefficient (Wildman–Crippen LogP) is 4.66. The number of hydrogen-bond donors (Lipinski definition) is 0. The van der Waals surface area contributed by atoms with Crippen LogP contribution in [0.5, 0.6) is 0 Å². The van der Waals surface area contributed by atoms with Crippen LogP contribution >= 0.6 is 46.4 Å². The Balaban J connectivity index is 1.54. The molecule has 0 saturated carbocycles. The summed E-state index contributed by atoms with van der Waals surface area (Å²) in [5.41, 5.74) is 1.79. The predicted molar refractivity (Wildman–Crippen MR) is 131 cm³/mol. The van der Waals surface area contributed by atoms with E-state index in [1.807, 2.05) is 0 Å². The lowest BCUT2D eigenvalue weighted by atomic mass is 10.0. The Morgan fingerprint density at radius 2 is 0.833 bits per heavy atom. The second-order valence-electron chi connectivity index (χ2n) is 8.71. The average molecular weight is 496 g/mol. The van der Waals surface area contributed by atoms with Gasteiger partial charge in [0.15, 0.2) is 0 Å². The van der Waals surface area contributed by atoms with Crippen LogP contribution in [0.4, 0.5) is 0 Å².